The second kappa shape index (κ2) is 5.14. The highest BCUT2D eigenvalue weighted by atomic mass is 16.5. The molecule has 2 rings (SSSR count). The lowest BCUT2D eigenvalue weighted by Gasteiger charge is -2.12. The maximum absolute atomic E-state index is 11.0. The first-order valence-electron chi connectivity index (χ1n) is 6.04. The third kappa shape index (κ3) is 2.45. The van der Waals surface area contributed by atoms with E-state index < -0.39 is 5.97 Å². The van der Waals surface area contributed by atoms with Crippen molar-refractivity contribution >= 4 is 11.7 Å². The molecule has 1 aromatic carbocycles. The molecule has 0 aliphatic rings. The molecule has 1 heterocycles. The molecule has 0 aliphatic heterocycles. The van der Waals surface area contributed by atoms with Crippen molar-refractivity contribution in [3.05, 3.63) is 35.6 Å². The van der Waals surface area contributed by atoms with E-state index in [0.29, 0.717) is 17.7 Å². The summed E-state index contributed by atoms with van der Waals surface area (Å²) < 4.78 is 4.92. The lowest BCUT2D eigenvalue weighted by atomic mass is 10.0. The van der Waals surface area contributed by atoms with E-state index in [1.54, 1.807) is 0 Å². The topological polar surface area (TPSA) is 66.6 Å². The molecular weight excluding hydrogens is 244 g/mol. The Morgan fingerprint density at radius 1 is 1.32 bits per heavy atom. The number of rotatable bonds is 4. The molecule has 5 nitrogen and oxygen atoms in total. The van der Waals surface area contributed by atoms with Gasteiger partial charge in [0, 0.05) is 30.9 Å². The first-order valence-corrected chi connectivity index (χ1v) is 6.04. The molecule has 2 aromatic rings. The van der Waals surface area contributed by atoms with Gasteiger partial charge >= 0.3 is 5.97 Å². The summed E-state index contributed by atoms with van der Waals surface area (Å²) in [5, 5.41) is 12.9. The first kappa shape index (κ1) is 13.1. The van der Waals surface area contributed by atoms with Crippen molar-refractivity contribution in [2.45, 2.75) is 13.3 Å². The summed E-state index contributed by atoms with van der Waals surface area (Å²) in [6.45, 7) is 1.89. The van der Waals surface area contributed by atoms with Crippen molar-refractivity contribution in [3.63, 3.8) is 0 Å². The van der Waals surface area contributed by atoms with Crippen LogP contribution < -0.4 is 4.90 Å². The van der Waals surface area contributed by atoms with Gasteiger partial charge < -0.3 is 14.5 Å². The van der Waals surface area contributed by atoms with Gasteiger partial charge in [0.05, 0.1) is 0 Å². The Morgan fingerprint density at radius 3 is 2.42 bits per heavy atom. The van der Waals surface area contributed by atoms with E-state index in [0.717, 1.165) is 11.3 Å². The molecule has 0 saturated heterocycles. The van der Waals surface area contributed by atoms with Crippen LogP contribution in [0.5, 0.6) is 0 Å². The van der Waals surface area contributed by atoms with E-state index in [-0.39, 0.29) is 5.76 Å². The summed E-state index contributed by atoms with van der Waals surface area (Å²) in [7, 11) is 3.93. The van der Waals surface area contributed by atoms with Crippen LogP contribution in [-0.4, -0.2) is 30.3 Å². The Labute approximate surface area is 111 Å². The number of carboxylic acids is 1. The van der Waals surface area contributed by atoms with Crippen molar-refractivity contribution in [3.8, 4) is 11.3 Å². The van der Waals surface area contributed by atoms with Crippen molar-refractivity contribution in [1.82, 2.24) is 5.16 Å². The van der Waals surface area contributed by atoms with E-state index in [9.17, 15) is 4.79 Å². The number of hydrogen-bond acceptors (Lipinski definition) is 4. The summed E-state index contributed by atoms with van der Waals surface area (Å²) in [5.41, 5.74) is 3.16. The largest absolute Gasteiger partial charge is 0.475 e. The summed E-state index contributed by atoms with van der Waals surface area (Å²) >= 11 is 0. The van der Waals surface area contributed by atoms with Crippen LogP contribution in [0.15, 0.2) is 28.8 Å². The third-order valence-corrected chi connectivity index (χ3v) is 2.99. The normalized spacial score (nSPS) is 10.5. The van der Waals surface area contributed by atoms with Crippen LogP contribution in [0.2, 0.25) is 0 Å². The predicted molar refractivity (Wildman–Crippen MR) is 72.6 cm³/mol. The molecular formula is C14H16N2O3. The highest BCUT2D eigenvalue weighted by molar-refractivity contribution is 5.88. The quantitative estimate of drug-likeness (QED) is 0.915. The van der Waals surface area contributed by atoms with Gasteiger partial charge in [-0.3, -0.25) is 0 Å². The highest BCUT2D eigenvalue weighted by Crippen LogP contribution is 2.27. The lowest BCUT2D eigenvalue weighted by Crippen LogP contribution is -2.08. The molecule has 0 fully saturated rings. The maximum atomic E-state index is 11.0. The van der Waals surface area contributed by atoms with Crippen molar-refractivity contribution in [2.24, 2.45) is 0 Å². The number of aromatic nitrogens is 1. The smallest absolute Gasteiger partial charge is 0.375 e. The maximum Gasteiger partial charge on any atom is 0.375 e. The van der Waals surface area contributed by atoms with Crippen molar-refractivity contribution < 1.29 is 14.4 Å². The van der Waals surface area contributed by atoms with Crippen LogP contribution in [0.3, 0.4) is 0 Å². The fraction of sp³-hybridized carbons (Fsp3) is 0.286. The van der Waals surface area contributed by atoms with E-state index in [1.165, 1.54) is 0 Å². The lowest BCUT2D eigenvalue weighted by molar-refractivity contribution is 0.0650. The van der Waals surface area contributed by atoms with E-state index in [2.05, 4.69) is 5.16 Å². The number of hydrogen-bond donors (Lipinski definition) is 1. The molecule has 0 unspecified atom stereocenters. The Bertz CT molecular complexity index is 585. The molecule has 19 heavy (non-hydrogen) atoms. The van der Waals surface area contributed by atoms with Crippen LogP contribution in [0.25, 0.3) is 11.3 Å². The van der Waals surface area contributed by atoms with Gasteiger partial charge in [0.2, 0.25) is 5.76 Å². The molecule has 0 radical (unpaired) electrons. The molecule has 0 bridgehead atoms. The Kier molecular flexibility index (Phi) is 3.55. The number of carboxylic acid groups (broad SMARTS) is 1. The van der Waals surface area contributed by atoms with Gasteiger partial charge in [0.1, 0.15) is 5.69 Å². The standard InChI is InChI=1S/C14H16N2O3/c1-4-11-12(15-19-13(11)14(17)18)9-5-7-10(8-6-9)16(2)3/h5-8H,4H2,1-3H3,(H,17,18). The van der Waals surface area contributed by atoms with Gasteiger partial charge in [-0.1, -0.05) is 24.2 Å². The molecule has 100 valence electrons. The number of anilines is 1. The number of carbonyl (C=O) groups is 1. The van der Waals surface area contributed by atoms with Crippen molar-refractivity contribution in [2.75, 3.05) is 19.0 Å². The summed E-state index contributed by atoms with van der Waals surface area (Å²) in [5.74, 6) is -1.16. The zero-order valence-electron chi connectivity index (χ0n) is 11.2. The molecule has 5 heteroatoms. The second-order valence-electron chi connectivity index (χ2n) is 4.44. The highest BCUT2D eigenvalue weighted by Gasteiger charge is 2.21. The fourth-order valence-electron chi connectivity index (χ4n) is 1.95. The van der Waals surface area contributed by atoms with Crippen LogP contribution in [0.1, 0.15) is 23.0 Å². The third-order valence-electron chi connectivity index (χ3n) is 2.99. The zero-order valence-corrected chi connectivity index (χ0v) is 11.2. The van der Waals surface area contributed by atoms with Crippen molar-refractivity contribution in [1.29, 1.82) is 0 Å². The minimum absolute atomic E-state index is 0.0748. The van der Waals surface area contributed by atoms with E-state index in [1.807, 2.05) is 50.2 Å². The molecule has 1 N–H and O–H groups in total. The van der Waals surface area contributed by atoms with Gasteiger partial charge in [-0.15, -0.1) is 0 Å². The fourth-order valence-corrected chi connectivity index (χ4v) is 1.95. The summed E-state index contributed by atoms with van der Waals surface area (Å²) in [6, 6.07) is 7.75. The van der Waals surface area contributed by atoms with Gasteiger partial charge in [-0.2, -0.15) is 0 Å². The Hall–Kier alpha value is -2.30. The molecule has 0 amide bonds. The number of aromatic carboxylic acids is 1. The molecule has 0 saturated carbocycles. The average molecular weight is 260 g/mol. The van der Waals surface area contributed by atoms with Crippen LogP contribution >= 0.6 is 0 Å². The SMILES string of the molecule is CCc1c(-c2ccc(N(C)C)cc2)noc1C(=O)O. The Morgan fingerprint density at radius 2 is 1.95 bits per heavy atom. The summed E-state index contributed by atoms with van der Waals surface area (Å²) in [6.07, 6.45) is 0.565. The molecule has 0 aliphatic carbocycles. The van der Waals surface area contributed by atoms with Gasteiger partial charge in [-0.05, 0) is 18.6 Å². The Balaban J connectivity index is 2.44. The van der Waals surface area contributed by atoms with E-state index in [4.69, 9.17) is 9.63 Å². The number of benzene rings is 1. The molecule has 0 atom stereocenters. The zero-order chi connectivity index (χ0) is 14.0. The molecule has 1 aromatic heterocycles. The van der Waals surface area contributed by atoms with Crippen LogP contribution in [0.4, 0.5) is 5.69 Å². The predicted octanol–water partition coefficient (Wildman–Crippen LogP) is 2.67. The molecule has 0 spiro atoms. The van der Waals surface area contributed by atoms with Crippen LogP contribution in [-0.2, 0) is 6.42 Å². The van der Waals surface area contributed by atoms with E-state index >= 15 is 0 Å². The minimum atomic E-state index is -1.08. The monoisotopic (exact) mass is 260 g/mol. The first-order chi connectivity index (χ1) is 9.04. The summed E-state index contributed by atoms with van der Waals surface area (Å²) in [4.78, 5) is 13.0. The second-order valence-corrected chi connectivity index (χ2v) is 4.44. The minimum Gasteiger partial charge on any atom is -0.475 e. The van der Waals surface area contributed by atoms with Gasteiger partial charge in [0.25, 0.3) is 0 Å². The average Bonchev–Trinajstić information content (AvgIpc) is 2.82. The number of nitrogens with zero attached hydrogens (tertiary/aromatic N) is 2. The van der Waals surface area contributed by atoms with Crippen LogP contribution in [0, 0.1) is 0 Å². The van der Waals surface area contributed by atoms with Gasteiger partial charge in [0.15, 0.2) is 0 Å². The van der Waals surface area contributed by atoms with Gasteiger partial charge in [-0.25, -0.2) is 4.79 Å².